The molecule has 1 fully saturated rings. The second kappa shape index (κ2) is 5.58. The van der Waals surface area contributed by atoms with E-state index in [9.17, 15) is 4.39 Å². The van der Waals surface area contributed by atoms with Gasteiger partial charge in [-0.2, -0.15) is 0 Å². The highest BCUT2D eigenvalue weighted by Crippen LogP contribution is 2.24. The molecule has 1 nitrogen and oxygen atoms in total. The van der Waals surface area contributed by atoms with Crippen LogP contribution in [0.4, 0.5) is 4.39 Å². The summed E-state index contributed by atoms with van der Waals surface area (Å²) in [7, 11) is 0. The molecule has 0 saturated carbocycles. The molecule has 78 valence electrons. The molecule has 2 heteroatoms. The minimum absolute atomic E-state index is 0.585. The first-order chi connectivity index (χ1) is 6.27. The lowest BCUT2D eigenvalue weighted by Gasteiger charge is -2.34. The van der Waals surface area contributed by atoms with Crippen LogP contribution >= 0.6 is 0 Å². The van der Waals surface area contributed by atoms with Crippen LogP contribution in [0.2, 0.25) is 0 Å². The smallest absolute Gasteiger partial charge is 0.135 e. The molecule has 0 spiro atoms. The minimum atomic E-state index is -0.843. The Kier molecular flexibility index (Phi) is 4.71. The van der Waals surface area contributed by atoms with Crippen LogP contribution in [0, 0.1) is 0 Å². The summed E-state index contributed by atoms with van der Waals surface area (Å²) < 4.78 is 13.4. The Morgan fingerprint density at radius 2 is 1.69 bits per heavy atom. The standard InChI is InChI=1S/C11H22FN/c1-2-3-4-5-6-7-8-11(12)9-13-10-11/h13H,2-10H2,1H3. The van der Waals surface area contributed by atoms with Gasteiger partial charge in [0.05, 0.1) is 0 Å². The zero-order chi connectivity index (χ0) is 9.57. The molecule has 1 aliphatic rings. The molecule has 0 aromatic carbocycles. The number of halogens is 1. The van der Waals surface area contributed by atoms with E-state index in [0.29, 0.717) is 13.1 Å². The van der Waals surface area contributed by atoms with Crippen LogP contribution in [0.25, 0.3) is 0 Å². The minimum Gasteiger partial charge on any atom is -0.310 e. The van der Waals surface area contributed by atoms with Crippen molar-refractivity contribution in [2.24, 2.45) is 0 Å². The molecule has 1 saturated heterocycles. The highest BCUT2D eigenvalue weighted by Gasteiger charge is 2.35. The predicted molar refractivity (Wildman–Crippen MR) is 54.7 cm³/mol. The first-order valence-corrected chi connectivity index (χ1v) is 5.66. The summed E-state index contributed by atoms with van der Waals surface area (Å²) in [6.45, 7) is 3.39. The average molecular weight is 187 g/mol. The molecule has 0 aromatic rings. The molecule has 1 heterocycles. The number of hydrogen-bond acceptors (Lipinski definition) is 1. The van der Waals surface area contributed by atoms with Crippen molar-refractivity contribution in [2.45, 2.75) is 57.5 Å². The van der Waals surface area contributed by atoms with E-state index in [-0.39, 0.29) is 0 Å². The van der Waals surface area contributed by atoms with E-state index in [0.717, 1.165) is 12.8 Å². The van der Waals surface area contributed by atoms with Crippen LogP contribution in [0.1, 0.15) is 51.9 Å². The monoisotopic (exact) mass is 187 g/mol. The van der Waals surface area contributed by atoms with Gasteiger partial charge >= 0.3 is 0 Å². The van der Waals surface area contributed by atoms with Gasteiger partial charge in [-0.25, -0.2) is 4.39 Å². The number of unbranched alkanes of at least 4 members (excludes halogenated alkanes) is 5. The zero-order valence-electron chi connectivity index (χ0n) is 8.74. The molecule has 1 N–H and O–H groups in total. The summed E-state index contributed by atoms with van der Waals surface area (Å²) in [5.41, 5.74) is -0.843. The molecule has 0 bridgehead atoms. The molecule has 1 rings (SSSR count). The van der Waals surface area contributed by atoms with Gasteiger partial charge in [0.2, 0.25) is 0 Å². The molecular weight excluding hydrogens is 165 g/mol. The Morgan fingerprint density at radius 3 is 2.23 bits per heavy atom. The second-order valence-electron chi connectivity index (χ2n) is 4.27. The van der Waals surface area contributed by atoms with Crippen LogP contribution in [0.3, 0.4) is 0 Å². The van der Waals surface area contributed by atoms with Crippen molar-refractivity contribution in [3.05, 3.63) is 0 Å². The van der Waals surface area contributed by atoms with Crippen molar-refractivity contribution in [1.29, 1.82) is 0 Å². The fraction of sp³-hybridized carbons (Fsp3) is 1.00. The van der Waals surface area contributed by atoms with E-state index in [4.69, 9.17) is 0 Å². The maximum absolute atomic E-state index is 13.4. The number of alkyl halides is 1. The molecule has 1 aliphatic heterocycles. The summed E-state index contributed by atoms with van der Waals surface area (Å²) in [4.78, 5) is 0. The van der Waals surface area contributed by atoms with Gasteiger partial charge in [0, 0.05) is 13.1 Å². The molecule has 0 atom stereocenters. The van der Waals surface area contributed by atoms with Gasteiger partial charge in [-0.3, -0.25) is 0 Å². The van der Waals surface area contributed by atoms with Crippen LogP contribution < -0.4 is 5.32 Å². The Balaban J connectivity index is 1.83. The Bertz CT molecular complexity index is 132. The Morgan fingerprint density at radius 1 is 1.08 bits per heavy atom. The highest BCUT2D eigenvalue weighted by atomic mass is 19.1. The van der Waals surface area contributed by atoms with E-state index in [1.54, 1.807) is 0 Å². The summed E-state index contributed by atoms with van der Waals surface area (Å²) in [6, 6.07) is 0. The van der Waals surface area contributed by atoms with Gasteiger partial charge < -0.3 is 5.32 Å². The summed E-state index contributed by atoms with van der Waals surface area (Å²) in [5, 5.41) is 2.99. The number of hydrogen-bond donors (Lipinski definition) is 1. The van der Waals surface area contributed by atoms with Gasteiger partial charge in [-0.05, 0) is 6.42 Å². The van der Waals surface area contributed by atoms with Crippen molar-refractivity contribution in [1.82, 2.24) is 5.32 Å². The third-order valence-corrected chi connectivity index (χ3v) is 2.86. The first-order valence-electron chi connectivity index (χ1n) is 5.66. The molecule has 0 radical (unpaired) electrons. The molecule has 0 unspecified atom stereocenters. The van der Waals surface area contributed by atoms with Gasteiger partial charge in [0.25, 0.3) is 0 Å². The lowest BCUT2D eigenvalue weighted by molar-refractivity contribution is 0.0772. The summed E-state index contributed by atoms with van der Waals surface area (Å²) >= 11 is 0. The van der Waals surface area contributed by atoms with Crippen molar-refractivity contribution in [3.63, 3.8) is 0 Å². The molecule has 13 heavy (non-hydrogen) atoms. The van der Waals surface area contributed by atoms with Crippen LogP contribution in [-0.2, 0) is 0 Å². The van der Waals surface area contributed by atoms with Crippen molar-refractivity contribution in [2.75, 3.05) is 13.1 Å². The normalized spacial score (nSPS) is 19.8. The molecule has 0 aliphatic carbocycles. The average Bonchev–Trinajstić information content (AvgIpc) is 2.08. The van der Waals surface area contributed by atoms with Crippen LogP contribution in [0.5, 0.6) is 0 Å². The van der Waals surface area contributed by atoms with Crippen molar-refractivity contribution < 1.29 is 4.39 Å². The van der Waals surface area contributed by atoms with Crippen LogP contribution in [0.15, 0.2) is 0 Å². The van der Waals surface area contributed by atoms with Crippen molar-refractivity contribution >= 4 is 0 Å². The topological polar surface area (TPSA) is 12.0 Å². The van der Waals surface area contributed by atoms with E-state index in [1.807, 2.05) is 0 Å². The predicted octanol–water partition coefficient (Wildman–Crippen LogP) is 3.05. The first kappa shape index (κ1) is 11.0. The zero-order valence-corrected chi connectivity index (χ0v) is 8.74. The third-order valence-electron chi connectivity index (χ3n) is 2.86. The fourth-order valence-corrected chi connectivity index (χ4v) is 1.80. The van der Waals surface area contributed by atoms with E-state index >= 15 is 0 Å². The lowest BCUT2D eigenvalue weighted by Crippen LogP contribution is -2.56. The highest BCUT2D eigenvalue weighted by molar-refractivity contribution is 4.92. The van der Waals surface area contributed by atoms with Gasteiger partial charge in [0.15, 0.2) is 0 Å². The van der Waals surface area contributed by atoms with E-state index in [2.05, 4.69) is 12.2 Å². The molecule has 0 amide bonds. The van der Waals surface area contributed by atoms with E-state index < -0.39 is 5.67 Å². The number of nitrogens with one attached hydrogen (secondary N) is 1. The van der Waals surface area contributed by atoms with Crippen LogP contribution in [-0.4, -0.2) is 18.8 Å². The fourth-order valence-electron chi connectivity index (χ4n) is 1.80. The molecule has 0 aromatic heterocycles. The third kappa shape index (κ3) is 4.08. The van der Waals surface area contributed by atoms with Gasteiger partial charge in [0.1, 0.15) is 5.67 Å². The summed E-state index contributed by atoms with van der Waals surface area (Å²) in [5.74, 6) is 0. The maximum atomic E-state index is 13.4. The Labute approximate surface area is 81.1 Å². The lowest BCUT2D eigenvalue weighted by atomic mass is 9.92. The van der Waals surface area contributed by atoms with Gasteiger partial charge in [-0.15, -0.1) is 0 Å². The second-order valence-corrected chi connectivity index (χ2v) is 4.27. The van der Waals surface area contributed by atoms with Gasteiger partial charge in [-0.1, -0.05) is 45.4 Å². The SMILES string of the molecule is CCCCCCCCC1(F)CNC1. The number of rotatable bonds is 7. The maximum Gasteiger partial charge on any atom is 0.135 e. The summed E-state index contributed by atoms with van der Waals surface area (Å²) in [6.07, 6.45) is 8.30. The quantitative estimate of drug-likeness (QED) is 0.604. The molecular formula is C11H22FN. The largest absolute Gasteiger partial charge is 0.310 e. The van der Waals surface area contributed by atoms with Crippen molar-refractivity contribution in [3.8, 4) is 0 Å². The Hall–Kier alpha value is -0.110. The van der Waals surface area contributed by atoms with E-state index in [1.165, 1.54) is 32.1 Å².